The van der Waals surface area contributed by atoms with Crippen LogP contribution in [0.25, 0.3) is 11.1 Å². The minimum Gasteiger partial charge on any atom is -0.481 e. The Labute approximate surface area is 117 Å². The minimum absolute atomic E-state index is 0.370. The molecule has 0 amide bonds. The normalized spacial score (nSPS) is 18.0. The minimum atomic E-state index is -0.721. The number of oxazole rings is 1. The van der Waals surface area contributed by atoms with Gasteiger partial charge in [0.2, 0.25) is 0 Å². The van der Waals surface area contributed by atoms with Crippen LogP contribution in [0.4, 0.5) is 6.01 Å². The zero-order valence-electron chi connectivity index (χ0n) is 11.3. The van der Waals surface area contributed by atoms with Crippen LogP contribution in [0.1, 0.15) is 32.1 Å². The number of hydrogen-bond acceptors (Lipinski definition) is 4. The summed E-state index contributed by atoms with van der Waals surface area (Å²) in [7, 11) is 0. The van der Waals surface area contributed by atoms with Gasteiger partial charge in [-0.25, -0.2) is 0 Å². The van der Waals surface area contributed by atoms with Crippen molar-refractivity contribution in [2.75, 3.05) is 11.9 Å². The molecule has 2 N–H and O–H groups in total. The quantitative estimate of drug-likeness (QED) is 0.894. The molecule has 5 nitrogen and oxygen atoms in total. The van der Waals surface area contributed by atoms with Crippen LogP contribution in [0.3, 0.4) is 0 Å². The first-order valence-corrected chi connectivity index (χ1v) is 7.02. The molecule has 3 rings (SSSR count). The van der Waals surface area contributed by atoms with E-state index in [1.807, 2.05) is 24.3 Å². The first-order chi connectivity index (χ1) is 9.70. The first-order valence-electron chi connectivity index (χ1n) is 7.02. The summed E-state index contributed by atoms with van der Waals surface area (Å²) in [6, 6.07) is 7.90. The first kappa shape index (κ1) is 13.0. The van der Waals surface area contributed by atoms with E-state index in [2.05, 4.69) is 10.3 Å². The Balaban J connectivity index is 1.75. The second-order valence-corrected chi connectivity index (χ2v) is 5.49. The molecule has 1 aromatic heterocycles. The van der Waals surface area contributed by atoms with E-state index in [0.717, 1.165) is 37.6 Å². The van der Waals surface area contributed by atoms with Gasteiger partial charge in [-0.05, 0) is 25.0 Å². The number of carboxylic acid groups (broad SMARTS) is 1. The van der Waals surface area contributed by atoms with E-state index in [9.17, 15) is 9.90 Å². The third-order valence-electron chi connectivity index (χ3n) is 4.14. The lowest BCUT2D eigenvalue weighted by atomic mass is 9.74. The van der Waals surface area contributed by atoms with Gasteiger partial charge in [0, 0.05) is 6.54 Å². The average Bonchev–Trinajstić information content (AvgIpc) is 2.89. The summed E-state index contributed by atoms with van der Waals surface area (Å²) >= 11 is 0. The third kappa shape index (κ3) is 2.35. The van der Waals surface area contributed by atoms with Gasteiger partial charge in [-0.2, -0.15) is 4.98 Å². The number of para-hydroxylation sites is 2. The maximum Gasteiger partial charge on any atom is 0.311 e. The predicted octanol–water partition coefficient (Wildman–Crippen LogP) is 3.27. The van der Waals surface area contributed by atoms with Crippen LogP contribution in [-0.2, 0) is 4.79 Å². The lowest BCUT2D eigenvalue weighted by Gasteiger charge is -2.32. The Bertz CT molecular complexity index is 581. The highest BCUT2D eigenvalue weighted by atomic mass is 16.4. The summed E-state index contributed by atoms with van der Waals surface area (Å²) in [4.78, 5) is 15.9. The molecule has 2 aromatic rings. The molecule has 0 radical (unpaired) electrons. The number of aromatic nitrogens is 1. The lowest BCUT2D eigenvalue weighted by Crippen LogP contribution is -2.39. The van der Waals surface area contributed by atoms with Crippen molar-refractivity contribution < 1.29 is 14.3 Å². The smallest absolute Gasteiger partial charge is 0.311 e. The van der Waals surface area contributed by atoms with E-state index in [4.69, 9.17) is 4.42 Å². The standard InChI is InChI=1S/C15H18N2O3/c18-13(19)15(8-4-1-5-9-15)10-16-14-17-11-6-2-3-7-12(11)20-14/h2-3,6-7H,1,4-5,8-10H2,(H,16,17)(H,18,19). The second-order valence-electron chi connectivity index (χ2n) is 5.49. The van der Waals surface area contributed by atoms with Gasteiger partial charge >= 0.3 is 5.97 Å². The number of nitrogens with zero attached hydrogens (tertiary/aromatic N) is 1. The van der Waals surface area contributed by atoms with Crippen LogP contribution >= 0.6 is 0 Å². The molecule has 1 saturated carbocycles. The SMILES string of the molecule is O=C(O)C1(CNc2nc3ccccc3o2)CCCCC1. The molecular formula is C15H18N2O3. The topological polar surface area (TPSA) is 75.4 Å². The molecule has 0 atom stereocenters. The molecule has 1 aromatic carbocycles. The molecule has 1 aliphatic carbocycles. The fourth-order valence-corrected chi connectivity index (χ4v) is 2.89. The van der Waals surface area contributed by atoms with E-state index in [-0.39, 0.29) is 0 Å². The van der Waals surface area contributed by atoms with Gasteiger partial charge in [-0.3, -0.25) is 4.79 Å². The summed E-state index contributed by atoms with van der Waals surface area (Å²) in [5, 5.41) is 12.6. The van der Waals surface area contributed by atoms with Crippen molar-refractivity contribution in [2.45, 2.75) is 32.1 Å². The van der Waals surface area contributed by atoms with Crippen molar-refractivity contribution in [1.29, 1.82) is 0 Å². The largest absolute Gasteiger partial charge is 0.481 e. The van der Waals surface area contributed by atoms with Crippen LogP contribution in [0, 0.1) is 5.41 Å². The molecule has 0 saturated heterocycles. The summed E-state index contributed by atoms with van der Waals surface area (Å²) < 4.78 is 5.57. The van der Waals surface area contributed by atoms with Gasteiger partial charge in [0.05, 0.1) is 5.41 Å². The Morgan fingerprint density at radius 2 is 2.05 bits per heavy atom. The zero-order valence-corrected chi connectivity index (χ0v) is 11.3. The maximum atomic E-state index is 11.6. The van der Waals surface area contributed by atoms with Gasteiger partial charge in [0.25, 0.3) is 6.01 Å². The Hall–Kier alpha value is -2.04. The molecule has 0 spiro atoms. The molecule has 0 bridgehead atoms. The Kier molecular flexibility index (Phi) is 3.34. The van der Waals surface area contributed by atoms with Gasteiger partial charge in [0.1, 0.15) is 5.52 Å². The highest BCUT2D eigenvalue weighted by Crippen LogP contribution is 2.36. The molecule has 1 aliphatic rings. The summed E-state index contributed by atoms with van der Waals surface area (Å²) in [5.41, 5.74) is 0.810. The number of carbonyl (C=O) groups is 1. The van der Waals surface area contributed by atoms with Crippen LogP contribution in [0.5, 0.6) is 0 Å². The molecule has 0 aliphatic heterocycles. The molecule has 0 unspecified atom stereocenters. The Morgan fingerprint density at radius 1 is 1.30 bits per heavy atom. The molecule has 106 valence electrons. The lowest BCUT2D eigenvalue weighted by molar-refractivity contribution is -0.150. The van der Waals surface area contributed by atoms with Crippen LogP contribution in [-0.4, -0.2) is 22.6 Å². The zero-order chi connectivity index (χ0) is 14.0. The molecule has 5 heteroatoms. The van der Waals surface area contributed by atoms with E-state index < -0.39 is 11.4 Å². The van der Waals surface area contributed by atoms with E-state index in [1.165, 1.54) is 0 Å². The number of aliphatic carboxylic acids is 1. The number of anilines is 1. The highest BCUT2D eigenvalue weighted by molar-refractivity contribution is 5.76. The fourth-order valence-electron chi connectivity index (χ4n) is 2.89. The third-order valence-corrected chi connectivity index (χ3v) is 4.14. The van der Waals surface area contributed by atoms with Crippen molar-refractivity contribution in [3.05, 3.63) is 24.3 Å². The van der Waals surface area contributed by atoms with Crippen LogP contribution in [0.15, 0.2) is 28.7 Å². The van der Waals surface area contributed by atoms with Crippen LogP contribution < -0.4 is 5.32 Å². The monoisotopic (exact) mass is 274 g/mol. The van der Waals surface area contributed by atoms with E-state index in [1.54, 1.807) is 0 Å². The van der Waals surface area contributed by atoms with Crippen molar-refractivity contribution in [3.63, 3.8) is 0 Å². The van der Waals surface area contributed by atoms with E-state index in [0.29, 0.717) is 18.1 Å². The van der Waals surface area contributed by atoms with Gasteiger partial charge < -0.3 is 14.8 Å². The molecule has 20 heavy (non-hydrogen) atoms. The number of hydrogen-bond donors (Lipinski definition) is 2. The number of rotatable bonds is 4. The Morgan fingerprint density at radius 3 is 2.75 bits per heavy atom. The van der Waals surface area contributed by atoms with Gasteiger partial charge in [0.15, 0.2) is 5.58 Å². The fraction of sp³-hybridized carbons (Fsp3) is 0.467. The van der Waals surface area contributed by atoms with Gasteiger partial charge in [-0.15, -0.1) is 0 Å². The average molecular weight is 274 g/mol. The number of benzene rings is 1. The second kappa shape index (κ2) is 5.15. The van der Waals surface area contributed by atoms with Crippen molar-refractivity contribution in [2.24, 2.45) is 5.41 Å². The molecular weight excluding hydrogens is 256 g/mol. The summed E-state index contributed by atoms with van der Waals surface area (Å²) in [5.74, 6) is -0.721. The maximum absolute atomic E-state index is 11.6. The van der Waals surface area contributed by atoms with Crippen molar-refractivity contribution in [3.8, 4) is 0 Å². The summed E-state index contributed by atoms with van der Waals surface area (Å²) in [6.45, 7) is 0.370. The van der Waals surface area contributed by atoms with E-state index >= 15 is 0 Å². The molecule has 1 fully saturated rings. The number of carboxylic acids is 1. The van der Waals surface area contributed by atoms with Crippen molar-refractivity contribution >= 4 is 23.1 Å². The van der Waals surface area contributed by atoms with Crippen molar-refractivity contribution in [1.82, 2.24) is 4.98 Å². The highest BCUT2D eigenvalue weighted by Gasteiger charge is 2.39. The number of nitrogens with one attached hydrogen (secondary N) is 1. The number of fused-ring (bicyclic) bond motifs is 1. The van der Waals surface area contributed by atoms with Crippen LogP contribution in [0.2, 0.25) is 0 Å². The predicted molar refractivity (Wildman–Crippen MR) is 75.7 cm³/mol. The summed E-state index contributed by atoms with van der Waals surface area (Å²) in [6.07, 6.45) is 4.51. The molecule has 1 heterocycles. The van der Waals surface area contributed by atoms with Gasteiger partial charge in [-0.1, -0.05) is 31.4 Å².